The molecule has 0 radical (unpaired) electrons. The lowest BCUT2D eigenvalue weighted by molar-refractivity contribution is -0.133. The maximum Gasteiger partial charge on any atom is 0.247 e. The molecule has 1 atom stereocenters. The Morgan fingerprint density at radius 2 is 1.68 bits per heavy atom. The van der Waals surface area contributed by atoms with Crippen molar-refractivity contribution in [2.45, 2.75) is 32.4 Å². The summed E-state index contributed by atoms with van der Waals surface area (Å²) < 4.78 is 38.5. The topological polar surface area (TPSA) is 86.8 Å². The van der Waals surface area contributed by atoms with Crippen molar-refractivity contribution in [1.82, 2.24) is 9.62 Å². The summed E-state index contributed by atoms with van der Waals surface area (Å²) in [6.07, 6.45) is 1.84. The zero-order valence-corrected chi connectivity index (χ0v) is 18.6. The third-order valence-electron chi connectivity index (χ3n) is 5.47. The van der Waals surface area contributed by atoms with Crippen LogP contribution in [-0.4, -0.2) is 49.4 Å². The van der Waals surface area contributed by atoms with E-state index >= 15 is 0 Å². The number of nitrogens with zero attached hydrogens (tertiary/aromatic N) is 2. The predicted molar refractivity (Wildman–Crippen MR) is 116 cm³/mol. The number of rotatable bonds is 6. The zero-order chi connectivity index (χ0) is 22.8. The van der Waals surface area contributed by atoms with E-state index in [4.69, 9.17) is 0 Å². The van der Waals surface area contributed by atoms with Crippen molar-refractivity contribution >= 4 is 27.5 Å². The number of aryl methyl sites for hydroxylation is 1. The summed E-state index contributed by atoms with van der Waals surface area (Å²) in [4.78, 5) is 27.7. The van der Waals surface area contributed by atoms with Gasteiger partial charge in [-0.25, -0.2) is 12.8 Å². The normalized spacial score (nSPS) is 20.0. The maximum absolute atomic E-state index is 13.3. The summed E-state index contributed by atoms with van der Waals surface area (Å²) in [5.41, 5.74) is 0.814. The number of anilines is 1. The van der Waals surface area contributed by atoms with Crippen LogP contribution in [0.5, 0.6) is 0 Å². The zero-order valence-electron chi connectivity index (χ0n) is 17.8. The van der Waals surface area contributed by atoms with Crippen LogP contribution in [0.15, 0.2) is 48.5 Å². The minimum Gasteiger partial charge on any atom is -0.350 e. The highest BCUT2D eigenvalue weighted by Crippen LogP contribution is 2.31. The molecule has 2 aromatic rings. The molecular weight excluding hydrogens is 421 g/mol. The number of carbonyl (C=O) groups is 2. The monoisotopic (exact) mass is 447 g/mol. The second-order valence-electron chi connectivity index (χ2n) is 7.86. The van der Waals surface area contributed by atoms with E-state index in [0.29, 0.717) is 11.3 Å². The number of amides is 2. The number of benzene rings is 2. The van der Waals surface area contributed by atoms with Gasteiger partial charge in [-0.2, -0.15) is 4.31 Å². The SMILES string of the molecule is CCc1ccc(N2C(=O)CN(S(C)(=O)=O)C[C@@]2(C)C(=O)NCc2ccc(F)cc2)cc1. The summed E-state index contributed by atoms with van der Waals surface area (Å²) in [6.45, 7) is 3.16. The molecule has 0 bridgehead atoms. The first-order chi connectivity index (χ1) is 14.5. The van der Waals surface area contributed by atoms with Gasteiger partial charge >= 0.3 is 0 Å². The fourth-order valence-electron chi connectivity index (χ4n) is 3.66. The highest BCUT2D eigenvalue weighted by atomic mass is 32.2. The predicted octanol–water partition coefficient (Wildman–Crippen LogP) is 2.07. The van der Waals surface area contributed by atoms with Crippen LogP contribution in [-0.2, 0) is 32.6 Å². The van der Waals surface area contributed by atoms with Gasteiger partial charge in [-0.1, -0.05) is 31.2 Å². The fourth-order valence-corrected chi connectivity index (χ4v) is 4.49. The lowest BCUT2D eigenvalue weighted by Crippen LogP contribution is -2.70. The Balaban J connectivity index is 1.93. The lowest BCUT2D eigenvalue weighted by Gasteiger charge is -2.46. The first kappa shape index (κ1) is 22.9. The number of halogens is 1. The first-order valence-electron chi connectivity index (χ1n) is 9.94. The maximum atomic E-state index is 13.3. The van der Waals surface area contributed by atoms with E-state index in [2.05, 4.69) is 5.32 Å². The Morgan fingerprint density at radius 3 is 2.23 bits per heavy atom. The first-order valence-corrected chi connectivity index (χ1v) is 11.8. The Hall–Kier alpha value is -2.78. The summed E-state index contributed by atoms with van der Waals surface area (Å²) in [7, 11) is -3.69. The summed E-state index contributed by atoms with van der Waals surface area (Å²) in [5, 5.41) is 2.77. The van der Waals surface area contributed by atoms with Gasteiger partial charge in [0.25, 0.3) is 0 Å². The molecule has 1 fully saturated rings. The van der Waals surface area contributed by atoms with Gasteiger partial charge in [0.2, 0.25) is 21.8 Å². The Kier molecular flexibility index (Phi) is 6.47. The fraction of sp³-hybridized carbons (Fsp3) is 0.364. The number of hydrogen-bond donors (Lipinski definition) is 1. The molecule has 7 nitrogen and oxygen atoms in total. The number of sulfonamides is 1. The molecule has 2 amide bonds. The third-order valence-corrected chi connectivity index (χ3v) is 6.66. The Labute approximate surface area is 181 Å². The molecule has 1 aliphatic rings. The second-order valence-corrected chi connectivity index (χ2v) is 9.85. The molecule has 1 saturated heterocycles. The quantitative estimate of drug-likeness (QED) is 0.735. The minimum absolute atomic E-state index is 0.115. The molecule has 0 spiro atoms. The van der Waals surface area contributed by atoms with E-state index < -0.39 is 27.4 Å². The van der Waals surface area contributed by atoms with Crippen molar-refractivity contribution in [1.29, 1.82) is 0 Å². The highest BCUT2D eigenvalue weighted by Gasteiger charge is 2.50. The van der Waals surface area contributed by atoms with Gasteiger partial charge < -0.3 is 5.32 Å². The van der Waals surface area contributed by atoms with Crippen molar-refractivity contribution in [2.75, 3.05) is 24.2 Å². The van der Waals surface area contributed by atoms with Gasteiger partial charge in [0.05, 0.1) is 12.8 Å². The molecule has 0 unspecified atom stereocenters. The smallest absolute Gasteiger partial charge is 0.247 e. The van der Waals surface area contributed by atoms with E-state index in [9.17, 15) is 22.4 Å². The van der Waals surface area contributed by atoms with Crippen molar-refractivity contribution in [3.05, 3.63) is 65.5 Å². The van der Waals surface area contributed by atoms with Gasteiger partial charge in [0.15, 0.2) is 0 Å². The third kappa shape index (κ3) is 4.94. The van der Waals surface area contributed by atoms with Gasteiger partial charge in [-0.3, -0.25) is 14.5 Å². The standard InChI is InChI=1S/C22H26FN3O4S/c1-4-16-7-11-19(12-8-16)26-20(27)14-25(31(3,29)30)15-22(26,2)21(28)24-13-17-5-9-18(23)10-6-17/h5-12H,4,13-15H2,1-3H3,(H,24,28)/t22-/m0/s1. The van der Waals surface area contributed by atoms with E-state index in [1.165, 1.54) is 17.0 Å². The summed E-state index contributed by atoms with van der Waals surface area (Å²) in [5.74, 6) is -1.37. The number of carbonyl (C=O) groups excluding carboxylic acids is 2. The van der Waals surface area contributed by atoms with E-state index in [1.807, 2.05) is 19.1 Å². The molecular formula is C22H26FN3O4S. The van der Waals surface area contributed by atoms with Crippen molar-refractivity contribution in [3.63, 3.8) is 0 Å². The van der Waals surface area contributed by atoms with E-state index in [1.54, 1.807) is 31.2 Å². The molecule has 3 rings (SSSR count). The van der Waals surface area contributed by atoms with E-state index in [-0.39, 0.29) is 25.5 Å². The lowest BCUT2D eigenvalue weighted by atomic mass is 9.94. The van der Waals surface area contributed by atoms with Crippen LogP contribution in [0.2, 0.25) is 0 Å². The van der Waals surface area contributed by atoms with Crippen LogP contribution in [0.3, 0.4) is 0 Å². The summed E-state index contributed by atoms with van der Waals surface area (Å²) in [6, 6.07) is 13.0. The second kappa shape index (κ2) is 8.76. The molecule has 166 valence electrons. The van der Waals surface area contributed by atoms with Gasteiger partial charge in [0, 0.05) is 18.8 Å². The molecule has 1 aliphatic heterocycles. The Morgan fingerprint density at radius 1 is 1.10 bits per heavy atom. The van der Waals surface area contributed by atoms with Gasteiger partial charge in [-0.15, -0.1) is 0 Å². The minimum atomic E-state index is -3.69. The molecule has 1 N–H and O–H groups in total. The van der Waals surface area contributed by atoms with Crippen molar-refractivity contribution < 1.29 is 22.4 Å². The average molecular weight is 448 g/mol. The molecule has 9 heteroatoms. The average Bonchev–Trinajstić information content (AvgIpc) is 2.72. The van der Waals surface area contributed by atoms with Crippen LogP contribution < -0.4 is 10.2 Å². The van der Waals surface area contributed by atoms with Crippen LogP contribution in [0.4, 0.5) is 10.1 Å². The van der Waals surface area contributed by atoms with Crippen molar-refractivity contribution in [2.24, 2.45) is 0 Å². The number of nitrogens with one attached hydrogen (secondary N) is 1. The highest BCUT2D eigenvalue weighted by molar-refractivity contribution is 7.88. The molecule has 0 aromatic heterocycles. The molecule has 31 heavy (non-hydrogen) atoms. The Bertz CT molecular complexity index is 1070. The largest absolute Gasteiger partial charge is 0.350 e. The molecule has 0 saturated carbocycles. The van der Waals surface area contributed by atoms with Crippen molar-refractivity contribution in [3.8, 4) is 0 Å². The molecule has 1 heterocycles. The van der Waals surface area contributed by atoms with Crippen LogP contribution in [0.25, 0.3) is 0 Å². The number of piperazine rings is 1. The number of hydrogen-bond acceptors (Lipinski definition) is 4. The van der Waals surface area contributed by atoms with Crippen LogP contribution >= 0.6 is 0 Å². The van der Waals surface area contributed by atoms with Gasteiger partial charge in [0.1, 0.15) is 11.4 Å². The summed E-state index contributed by atoms with van der Waals surface area (Å²) >= 11 is 0. The molecule has 0 aliphatic carbocycles. The van der Waals surface area contributed by atoms with Gasteiger partial charge in [-0.05, 0) is 48.7 Å². The van der Waals surface area contributed by atoms with Crippen LogP contribution in [0, 0.1) is 5.82 Å². The molecule has 2 aromatic carbocycles. The van der Waals surface area contributed by atoms with Crippen LogP contribution in [0.1, 0.15) is 25.0 Å². The van der Waals surface area contributed by atoms with E-state index in [0.717, 1.165) is 22.5 Å².